The lowest BCUT2D eigenvalue weighted by Gasteiger charge is -2.25. The summed E-state index contributed by atoms with van der Waals surface area (Å²) in [5.74, 6) is 0.632. The summed E-state index contributed by atoms with van der Waals surface area (Å²) in [5, 5.41) is 8.01. The molecular formula is C18H21N7. The Hall–Kier alpha value is -2.83. The second-order valence-electron chi connectivity index (χ2n) is 6.60. The summed E-state index contributed by atoms with van der Waals surface area (Å²) < 4.78 is 2.13. The zero-order valence-electron chi connectivity index (χ0n) is 14.4. The van der Waals surface area contributed by atoms with Gasteiger partial charge in [0.25, 0.3) is 0 Å². The normalized spacial score (nSPS) is 16.7. The largest absolute Gasteiger partial charge is 0.351 e. The van der Waals surface area contributed by atoms with E-state index in [-0.39, 0.29) is 0 Å². The van der Waals surface area contributed by atoms with Crippen LogP contribution < -0.4 is 5.32 Å². The SMILES string of the molecule is CC(C)n1ncc2c1CC(Nc1nccc(-c3cnccn3)n1)CC2. The highest BCUT2D eigenvalue weighted by atomic mass is 15.3. The van der Waals surface area contributed by atoms with E-state index >= 15 is 0 Å². The maximum atomic E-state index is 4.59. The van der Waals surface area contributed by atoms with Crippen molar-refractivity contribution in [3.8, 4) is 11.4 Å². The van der Waals surface area contributed by atoms with Gasteiger partial charge in [-0.2, -0.15) is 5.10 Å². The zero-order chi connectivity index (χ0) is 17.2. The van der Waals surface area contributed by atoms with Crippen LogP contribution in [0.1, 0.15) is 37.6 Å². The molecule has 0 saturated carbocycles. The second-order valence-corrected chi connectivity index (χ2v) is 6.60. The first-order valence-electron chi connectivity index (χ1n) is 8.62. The fourth-order valence-electron chi connectivity index (χ4n) is 3.27. The van der Waals surface area contributed by atoms with Crippen molar-refractivity contribution < 1.29 is 0 Å². The van der Waals surface area contributed by atoms with E-state index in [0.29, 0.717) is 18.0 Å². The fourth-order valence-corrected chi connectivity index (χ4v) is 3.27. The highest BCUT2D eigenvalue weighted by Crippen LogP contribution is 2.25. The minimum Gasteiger partial charge on any atom is -0.351 e. The summed E-state index contributed by atoms with van der Waals surface area (Å²) in [7, 11) is 0. The Morgan fingerprint density at radius 3 is 2.84 bits per heavy atom. The molecule has 0 amide bonds. The van der Waals surface area contributed by atoms with Crippen LogP contribution in [0, 0.1) is 0 Å². The van der Waals surface area contributed by atoms with E-state index in [0.717, 1.165) is 30.7 Å². The van der Waals surface area contributed by atoms with E-state index in [1.54, 1.807) is 24.8 Å². The number of fused-ring (bicyclic) bond motifs is 1. The molecule has 4 rings (SSSR count). The molecule has 3 aromatic heterocycles. The van der Waals surface area contributed by atoms with E-state index in [4.69, 9.17) is 0 Å². The Bertz CT molecular complexity index is 857. The Morgan fingerprint density at radius 2 is 2.04 bits per heavy atom. The Balaban J connectivity index is 1.52. The molecule has 7 heteroatoms. The van der Waals surface area contributed by atoms with Gasteiger partial charge in [-0.1, -0.05) is 0 Å². The third-order valence-corrected chi connectivity index (χ3v) is 4.49. The van der Waals surface area contributed by atoms with Crippen LogP contribution in [0.5, 0.6) is 0 Å². The lowest BCUT2D eigenvalue weighted by atomic mass is 9.93. The van der Waals surface area contributed by atoms with Crippen LogP contribution >= 0.6 is 0 Å². The summed E-state index contributed by atoms with van der Waals surface area (Å²) in [6.07, 6.45) is 11.8. The summed E-state index contributed by atoms with van der Waals surface area (Å²) >= 11 is 0. The maximum Gasteiger partial charge on any atom is 0.223 e. The number of aromatic nitrogens is 6. The van der Waals surface area contributed by atoms with Crippen molar-refractivity contribution in [2.75, 3.05) is 5.32 Å². The van der Waals surface area contributed by atoms with E-state index in [2.05, 4.69) is 48.9 Å². The summed E-state index contributed by atoms with van der Waals surface area (Å²) in [6, 6.07) is 2.53. The predicted octanol–water partition coefficient (Wildman–Crippen LogP) is 2.68. The van der Waals surface area contributed by atoms with Crippen molar-refractivity contribution in [2.24, 2.45) is 0 Å². The molecule has 0 aromatic carbocycles. The van der Waals surface area contributed by atoms with Gasteiger partial charge in [-0.15, -0.1) is 0 Å². The average molecular weight is 335 g/mol. The molecule has 25 heavy (non-hydrogen) atoms. The molecule has 0 aliphatic heterocycles. The van der Waals surface area contributed by atoms with Gasteiger partial charge in [0.05, 0.1) is 18.1 Å². The van der Waals surface area contributed by atoms with Gasteiger partial charge in [0.1, 0.15) is 5.69 Å². The third kappa shape index (κ3) is 3.22. The molecule has 3 heterocycles. The highest BCUT2D eigenvalue weighted by Gasteiger charge is 2.24. The fraction of sp³-hybridized carbons (Fsp3) is 0.389. The Morgan fingerprint density at radius 1 is 1.12 bits per heavy atom. The topological polar surface area (TPSA) is 81.4 Å². The molecule has 0 fully saturated rings. The van der Waals surface area contributed by atoms with Crippen LogP contribution in [0.3, 0.4) is 0 Å². The number of hydrogen-bond donors (Lipinski definition) is 1. The maximum absolute atomic E-state index is 4.59. The minimum absolute atomic E-state index is 0.304. The zero-order valence-corrected chi connectivity index (χ0v) is 14.4. The van der Waals surface area contributed by atoms with Gasteiger partial charge < -0.3 is 5.32 Å². The molecular weight excluding hydrogens is 314 g/mol. The Labute approximate surface area is 146 Å². The minimum atomic E-state index is 0.304. The van der Waals surface area contributed by atoms with Gasteiger partial charge in [-0.25, -0.2) is 9.97 Å². The van der Waals surface area contributed by atoms with Crippen molar-refractivity contribution >= 4 is 5.95 Å². The van der Waals surface area contributed by atoms with Crippen molar-refractivity contribution in [3.05, 3.63) is 48.3 Å². The van der Waals surface area contributed by atoms with E-state index < -0.39 is 0 Å². The van der Waals surface area contributed by atoms with Crippen LogP contribution in [-0.2, 0) is 12.8 Å². The lowest BCUT2D eigenvalue weighted by Crippen LogP contribution is -2.29. The molecule has 1 aliphatic carbocycles. The number of nitrogens with one attached hydrogen (secondary N) is 1. The second kappa shape index (κ2) is 6.58. The van der Waals surface area contributed by atoms with Gasteiger partial charge in [0.15, 0.2) is 0 Å². The number of nitrogens with zero attached hydrogens (tertiary/aromatic N) is 6. The molecule has 3 aromatic rings. The standard InChI is InChI=1S/C18H21N7/c1-12(2)25-17-9-14(4-3-13(17)10-22-25)23-18-21-6-5-15(24-18)16-11-19-7-8-20-16/h5-8,10-12,14H,3-4,9H2,1-2H3,(H,21,23,24). The molecule has 7 nitrogen and oxygen atoms in total. The van der Waals surface area contributed by atoms with Crippen molar-refractivity contribution in [1.29, 1.82) is 0 Å². The van der Waals surface area contributed by atoms with E-state index in [1.807, 2.05) is 12.3 Å². The molecule has 1 unspecified atom stereocenters. The van der Waals surface area contributed by atoms with Crippen molar-refractivity contribution in [2.45, 2.75) is 45.2 Å². The molecule has 1 aliphatic rings. The molecule has 0 saturated heterocycles. The van der Waals surface area contributed by atoms with Gasteiger partial charge in [0.2, 0.25) is 5.95 Å². The van der Waals surface area contributed by atoms with Gasteiger partial charge in [-0.05, 0) is 38.3 Å². The van der Waals surface area contributed by atoms with Crippen LogP contribution in [0.2, 0.25) is 0 Å². The molecule has 128 valence electrons. The third-order valence-electron chi connectivity index (χ3n) is 4.49. The van der Waals surface area contributed by atoms with Crippen LogP contribution in [-0.4, -0.2) is 35.8 Å². The van der Waals surface area contributed by atoms with E-state index in [9.17, 15) is 0 Å². The van der Waals surface area contributed by atoms with Gasteiger partial charge in [-0.3, -0.25) is 14.6 Å². The lowest BCUT2D eigenvalue weighted by molar-refractivity contribution is 0.483. The predicted molar refractivity (Wildman–Crippen MR) is 95.1 cm³/mol. The highest BCUT2D eigenvalue weighted by molar-refractivity contribution is 5.53. The summed E-state index contributed by atoms with van der Waals surface area (Å²) in [5.41, 5.74) is 4.20. The van der Waals surface area contributed by atoms with Crippen molar-refractivity contribution in [1.82, 2.24) is 29.7 Å². The van der Waals surface area contributed by atoms with Gasteiger partial charge >= 0.3 is 0 Å². The quantitative estimate of drug-likeness (QED) is 0.789. The monoisotopic (exact) mass is 335 g/mol. The smallest absolute Gasteiger partial charge is 0.223 e. The molecule has 1 atom stereocenters. The summed E-state index contributed by atoms with van der Waals surface area (Å²) in [6.45, 7) is 4.33. The number of hydrogen-bond acceptors (Lipinski definition) is 6. The van der Waals surface area contributed by atoms with Crippen LogP contribution in [0.25, 0.3) is 11.4 Å². The Kier molecular flexibility index (Phi) is 4.13. The van der Waals surface area contributed by atoms with Gasteiger partial charge in [0, 0.05) is 42.8 Å². The van der Waals surface area contributed by atoms with Crippen LogP contribution in [0.4, 0.5) is 5.95 Å². The van der Waals surface area contributed by atoms with E-state index in [1.165, 1.54) is 11.3 Å². The molecule has 1 N–H and O–H groups in total. The first-order chi connectivity index (χ1) is 12.2. The first-order valence-corrected chi connectivity index (χ1v) is 8.62. The van der Waals surface area contributed by atoms with Crippen molar-refractivity contribution in [3.63, 3.8) is 0 Å². The average Bonchev–Trinajstić information content (AvgIpc) is 3.06. The van der Waals surface area contributed by atoms with Crippen LogP contribution in [0.15, 0.2) is 37.1 Å². The number of rotatable bonds is 4. The molecule has 0 radical (unpaired) electrons. The number of aryl methyl sites for hydroxylation is 1. The number of anilines is 1. The summed E-state index contributed by atoms with van der Waals surface area (Å²) in [4.78, 5) is 17.4. The molecule has 0 bridgehead atoms. The first kappa shape index (κ1) is 15.7. The molecule has 0 spiro atoms.